The van der Waals surface area contributed by atoms with E-state index in [1.54, 1.807) is 0 Å². The van der Waals surface area contributed by atoms with E-state index in [2.05, 4.69) is 62.5 Å². The second-order valence-electron chi connectivity index (χ2n) is 15.9. The van der Waals surface area contributed by atoms with E-state index in [4.69, 9.17) is 4.74 Å². The van der Waals surface area contributed by atoms with Crippen LogP contribution in [0.5, 0.6) is 0 Å². The first kappa shape index (κ1) is 53.6. The summed E-state index contributed by atoms with van der Waals surface area (Å²) in [6.07, 6.45) is 52.7. The maximum atomic E-state index is 13.1. The van der Waals surface area contributed by atoms with Crippen LogP contribution < -0.4 is 5.32 Å². The molecule has 0 aromatic carbocycles. The molecule has 3 N–H and O–H groups in total. The molecule has 6 heteroatoms. The molecule has 0 aromatic rings. The predicted octanol–water partition coefficient (Wildman–Crippen LogP) is 13.7. The molecule has 0 aliphatic heterocycles. The summed E-state index contributed by atoms with van der Waals surface area (Å²) in [5, 5.41) is 23.7. The molecule has 0 bridgehead atoms. The van der Waals surface area contributed by atoms with Crippen LogP contribution in [0.1, 0.15) is 220 Å². The lowest BCUT2D eigenvalue weighted by atomic mass is 10.0. The van der Waals surface area contributed by atoms with E-state index in [0.717, 1.165) is 77.0 Å². The number of carbonyl (C=O) groups excluding carboxylic acids is 2. The van der Waals surface area contributed by atoms with Crippen molar-refractivity contribution in [2.75, 3.05) is 6.61 Å². The quantitative estimate of drug-likeness (QED) is 0.0248. The van der Waals surface area contributed by atoms with Crippen molar-refractivity contribution in [2.45, 2.75) is 238 Å². The number of hydrogen-bond donors (Lipinski definition) is 3. The van der Waals surface area contributed by atoms with Gasteiger partial charge in [-0.1, -0.05) is 197 Å². The zero-order valence-electron chi connectivity index (χ0n) is 36.8. The Balaban J connectivity index is 4.68. The fourth-order valence-corrected chi connectivity index (χ4v) is 6.85. The van der Waals surface area contributed by atoms with E-state index in [1.807, 2.05) is 24.3 Å². The maximum absolute atomic E-state index is 13.1. The summed E-state index contributed by atoms with van der Waals surface area (Å²) in [6, 6.07) is -0.716. The van der Waals surface area contributed by atoms with Gasteiger partial charge < -0.3 is 20.3 Å². The van der Waals surface area contributed by atoms with Crippen LogP contribution in [0.2, 0.25) is 0 Å². The second kappa shape index (κ2) is 43.7. The Morgan fingerprint density at radius 3 is 1.57 bits per heavy atom. The van der Waals surface area contributed by atoms with Crippen LogP contribution in [0.15, 0.2) is 60.8 Å². The first-order chi connectivity index (χ1) is 27.5. The zero-order valence-corrected chi connectivity index (χ0v) is 36.8. The molecule has 0 aliphatic carbocycles. The van der Waals surface area contributed by atoms with Gasteiger partial charge in [0.2, 0.25) is 5.91 Å². The minimum absolute atomic E-state index is 0.0468. The summed E-state index contributed by atoms with van der Waals surface area (Å²) in [6.45, 7) is 6.29. The van der Waals surface area contributed by atoms with Gasteiger partial charge in [0, 0.05) is 6.42 Å². The van der Waals surface area contributed by atoms with Crippen molar-refractivity contribution < 1.29 is 24.5 Å². The van der Waals surface area contributed by atoms with Crippen molar-refractivity contribution in [3.63, 3.8) is 0 Å². The van der Waals surface area contributed by atoms with Gasteiger partial charge in [0.1, 0.15) is 6.10 Å². The van der Waals surface area contributed by atoms with Crippen molar-refractivity contribution in [1.29, 1.82) is 0 Å². The number of nitrogens with one attached hydrogen (secondary N) is 1. The van der Waals surface area contributed by atoms with Crippen LogP contribution in [-0.2, 0) is 14.3 Å². The van der Waals surface area contributed by atoms with Gasteiger partial charge in [-0.2, -0.15) is 0 Å². The summed E-state index contributed by atoms with van der Waals surface area (Å²) in [5.74, 6) is -0.526. The van der Waals surface area contributed by atoms with Crippen molar-refractivity contribution in [1.82, 2.24) is 5.32 Å². The van der Waals surface area contributed by atoms with Gasteiger partial charge in [0.05, 0.1) is 25.2 Å². The maximum Gasteiger partial charge on any atom is 0.306 e. The number of allylic oxidation sites excluding steroid dienone is 10. The van der Waals surface area contributed by atoms with Gasteiger partial charge in [-0.25, -0.2) is 0 Å². The predicted molar refractivity (Wildman–Crippen MR) is 241 cm³/mol. The number of rotatable bonds is 41. The Morgan fingerprint density at radius 1 is 0.536 bits per heavy atom. The third kappa shape index (κ3) is 38.4. The van der Waals surface area contributed by atoms with Crippen LogP contribution in [0, 0.1) is 0 Å². The van der Waals surface area contributed by atoms with Gasteiger partial charge in [-0.05, 0) is 70.6 Å². The van der Waals surface area contributed by atoms with E-state index in [9.17, 15) is 19.8 Å². The van der Waals surface area contributed by atoms with E-state index in [-0.39, 0.29) is 24.9 Å². The van der Waals surface area contributed by atoms with Gasteiger partial charge in [-0.3, -0.25) is 9.59 Å². The van der Waals surface area contributed by atoms with Gasteiger partial charge >= 0.3 is 5.97 Å². The fraction of sp³-hybridized carbons (Fsp3) is 0.760. The largest absolute Gasteiger partial charge is 0.462 e. The molecule has 0 rings (SSSR count). The Kier molecular flexibility index (Phi) is 41.8. The molecule has 0 spiro atoms. The van der Waals surface area contributed by atoms with Crippen molar-refractivity contribution >= 4 is 11.9 Å². The first-order valence-corrected chi connectivity index (χ1v) is 23.6. The average Bonchev–Trinajstić information content (AvgIpc) is 3.19. The highest BCUT2D eigenvalue weighted by atomic mass is 16.5. The second-order valence-corrected chi connectivity index (χ2v) is 15.9. The number of hydrogen-bond acceptors (Lipinski definition) is 5. The molecular weight excluding hydrogens is 695 g/mol. The van der Waals surface area contributed by atoms with E-state index in [0.29, 0.717) is 19.3 Å². The van der Waals surface area contributed by atoms with E-state index in [1.165, 1.54) is 96.3 Å². The molecule has 3 unspecified atom stereocenters. The van der Waals surface area contributed by atoms with Crippen LogP contribution in [-0.4, -0.2) is 46.9 Å². The first-order valence-electron chi connectivity index (χ1n) is 23.6. The molecule has 0 aliphatic rings. The summed E-state index contributed by atoms with van der Waals surface area (Å²) in [7, 11) is 0. The van der Waals surface area contributed by atoms with Crippen LogP contribution >= 0.6 is 0 Å². The summed E-state index contributed by atoms with van der Waals surface area (Å²) >= 11 is 0. The van der Waals surface area contributed by atoms with Gasteiger partial charge in [0.15, 0.2) is 0 Å². The molecule has 0 saturated carbocycles. The SMILES string of the molecule is CC/C=C/C=C/C=C/C=C\CCCCCC(CC(=O)NC(CO)C(O)CCCCCCCCCCCCCC)OC(=O)CCCCCCC/C=C\CCCCC. The number of carbonyl (C=O) groups is 2. The molecule has 6 nitrogen and oxygen atoms in total. The van der Waals surface area contributed by atoms with Gasteiger partial charge in [-0.15, -0.1) is 0 Å². The molecule has 0 fully saturated rings. The van der Waals surface area contributed by atoms with Crippen molar-refractivity contribution in [3.8, 4) is 0 Å². The Hall–Kier alpha value is -2.44. The lowest BCUT2D eigenvalue weighted by Crippen LogP contribution is -2.46. The Bertz CT molecular complexity index is 1010. The average molecular weight is 784 g/mol. The smallest absolute Gasteiger partial charge is 0.306 e. The highest BCUT2D eigenvalue weighted by molar-refractivity contribution is 5.77. The lowest BCUT2D eigenvalue weighted by molar-refractivity contribution is -0.151. The Labute approximate surface area is 346 Å². The molecule has 3 atom stereocenters. The normalized spacial score (nSPS) is 13.9. The highest BCUT2D eigenvalue weighted by Gasteiger charge is 2.24. The number of aliphatic hydroxyl groups excluding tert-OH is 2. The standard InChI is InChI=1S/C50H89NO5/c1-4-7-10-13-16-19-22-25-26-29-32-35-38-41-46(56-50(55)43-40-37-34-31-28-24-21-18-15-12-9-6-3)44-49(54)51-47(45-52)48(53)42-39-36-33-30-27-23-20-17-14-11-8-5-2/h7,10,13,16,18-19,21-22,25-26,46-48,52-53H,4-6,8-9,11-12,14-15,17,20,23-24,27-45H2,1-3H3,(H,51,54)/b10-7+,16-13+,21-18-,22-19+,26-25-. The highest BCUT2D eigenvalue weighted by Crippen LogP contribution is 2.17. The fourth-order valence-electron chi connectivity index (χ4n) is 6.85. The summed E-state index contributed by atoms with van der Waals surface area (Å²) in [4.78, 5) is 26.0. The molecule has 1 amide bonds. The number of unbranched alkanes of at least 4 members (excludes halogenated alkanes) is 22. The number of aliphatic hydroxyl groups is 2. The molecule has 56 heavy (non-hydrogen) atoms. The minimum atomic E-state index is -0.799. The van der Waals surface area contributed by atoms with Crippen LogP contribution in [0.25, 0.3) is 0 Å². The zero-order chi connectivity index (χ0) is 41.0. The molecule has 0 aromatic heterocycles. The van der Waals surface area contributed by atoms with Gasteiger partial charge in [0.25, 0.3) is 0 Å². The molecule has 0 saturated heterocycles. The Morgan fingerprint density at radius 2 is 0.982 bits per heavy atom. The summed E-state index contributed by atoms with van der Waals surface area (Å²) < 4.78 is 5.88. The monoisotopic (exact) mass is 784 g/mol. The van der Waals surface area contributed by atoms with E-state index >= 15 is 0 Å². The molecular formula is C50H89NO5. The molecule has 0 heterocycles. The number of amides is 1. The molecule has 324 valence electrons. The van der Waals surface area contributed by atoms with Crippen molar-refractivity contribution in [2.24, 2.45) is 0 Å². The lowest BCUT2D eigenvalue weighted by Gasteiger charge is -2.24. The van der Waals surface area contributed by atoms with E-state index < -0.39 is 18.2 Å². The van der Waals surface area contributed by atoms with Crippen LogP contribution in [0.4, 0.5) is 0 Å². The van der Waals surface area contributed by atoms with Crippen molar-refractivity contribution in [3.05, 3.63) is 60.8 Å². The third-order valence-corrected chi connectivity index (χ3v) is 10.4. The topological polar surface area (TPSA) is 95.9 Å². The van der Waals surface area contributed by atoms with Crippen LogP contribution in [0.3, 0.4) is 0 Å². The number of esters is 1. The minimum Gasteiger partial charge on any atom is -0.462 e. The number of ether oxygens (including phenoxy) is 1. The molecule has 0 radical (unpaired) electrons. The third-order valence-electron chi connectivity index (χ3n) is 10.4. The summed E-state index contributed by atoms with van der Waals surface area (Å²) in [5.41, 5.74) is 0.